The van der Waals surface area contributed by atoms with Crippen molar-refractivity contribution in [1.82, 2.24) is 9.38 Å². The Morgan fingerprint density at radius 3 is 2.71 bits per heavy atom. The number of aromatic nitrogens is 2. The number of oxazole rings is 1. The van der Waals surface area contributed by atoms with Gasteiger partial charge < -0.3 is 4.42 Å². The lowest BCUT2D eigenvalue weighted by atomic mass is 10.1. The van der Waals surface area contributed by atoms with E-state index < -0.39 is 11.6 Å². The van der Waals surface area contributed by atoms with Gasteiger partial charge >= 0.3 is 11.7 Å². The van der Waals surface area contributed by atoms with Crippen molar-refractivity contribution in [3.63, 3.8) is 0 Å². The van der Waals surface area contributed by atoms with Crippen LogP contribution in [0.1, 0.15) is 19.5 Å². The van der Waals surface area contributed by atoms with Crippen LogP contribution in [-0.4, -0.2) is 26.8 Å². The van der Waals surface area contributed by atoms with Gasteiger partial charge in [-0.1, -0.05) is 0 Å². The fraction of sp³-hybridized carbons (Fsp3) is 0.158. The summed E-state index contributed by atoms with van der Waals surface area (Å²) in [6, 6.07) is 3.15. The molecule has 0 spiro atoms. The van der Waals surface area contributed by atoms with Gasteiger partial charge in [-0.25, -0.2) is 19.5 Å². The number of fused-ring (bicyclic) bond motifs is 1. The number of nitrogens with zero attached hydrogens (tertiary/aromatic N) is 2. The molecule has 0 saturated carbocycles. The Morgan fingerprint density at radius 1 is 1.29 bits per heavy atom. The zero-order valence-electron chi connectivity index (χ0n) is 15.3. The summed E-state index contributed by atoms with van der Waals surface area (Å²) in [5.74, 6) is -0.550. The van der Waals surface area contributed by atoms with E-state index in [-0.39, 0.29) is 40.3 Å². The van der Waals surface area contributed by atoms with E-state index in [0.29, 0.717) is 5.84 Å². The molecule has 0 atom stereocenters. The summed E-state index contributed by atoms with van der Waals surface area (Å²) >= 11 is 0. The van der Waals surface area contributed by atoms with E-state index in [1.54, 1.807) is 6.20 Å². The average molecular weight is 386 g/mol. The van der Waals surface area contributed by atoms with Gasteiger partial charge in [-0.2, -0.15) is 4.98 Å². The van der Waals surface area contributed by atoms with Crippen LogP contribution in [0.3, 0.4) is 0 Å². The molecule has 0 aliphatic heterocycles. The second-order valence-electron chi connectivity index (χ2n) is 6.49. The summed E-state index contributed by atoms with van der Waals surface area (Å²) in [6.45, 7) is 3.83. The van der Waals surface area contributed by atoms with Crippen molar-refractivity contribution in [1.29, 1.82) is 10.8 Å². The number of rotatable bonds is 5. The Balaban J connectivity index is 1.97. The van der Waals surface area contributed by atoms with Crippen LogP contribution in [0.5, 0.6) is 0 Å². The first-order valence-electron chi connectivity index (χ1n) is 8.51. The molecule has 9 heteroatoms. The predicted octanol–water partition coefficient (Wildman–Crippen LogP) is 1.15. The van der Waals surface area contributed by atoms with Gasteiger partial charge in [0, 0.05) is 23.9 Å². The molecular weight excluding hydrogens is 366 g/mol. The van der Waals surface area contributed by atoms with E-state index >= 15 is 0 Å². The maximum atomic E-state index is 14.3. The number of halogens is 2. The molecule has 7 nitrogen and oxygen atoms in total. The summed E-state index contributed by atoms with van der Waals surface area (Å²) < 4.78 is 34.3. The van der Waals surface area contributed by atoms with Crippen molar-refractivity contribution in [3.8, 4) is 11.3 Å². The highest BCUT2D eigenvalue weighted by Gasteiger charge is 2.21. The minimum Gasteiger partial charge on any atom is -0.432 e. The van der Waals surface area contributed by atoms with Crippen LogP contribution in [-0.2, 0) is 0 Å². The minimum absolute atomic E-state index is 0.0195. The molecule has 0 saturated heterocycles. The van der Waals surface area contributed by atoms with Gasteiger partial charge in [-0.3, -0.25) is 15.2 Å². The van der Waals surface area contributed by atoms with Crippen LogP contribution in [0.15, 0.2) is 47.2 Å². The lowest BCUT2D eigenvalue weighted by Gasteiger charge is -2.04. The van der Waals surface area contributed by atoms with E-state index in [4.69, 9.17) is 20.6 Å². The van der Waals surface area contributed by atoms with E-state index in [0.717, 1.165) is 12.1 Å². The Kier molecular flexibility index (Phi) is 5.27. The van der Waals surface area contributed by atoms with Crippen molar-refractivity contribution in [2.24, 2.45) is 5.92 Å². The average Bonchev–Trinajstić information content (AvgIpc) is 3.20. The number of amidine groups is 2. The Bertz CT molecular complexity index is 1110. The van der Waals surface area contributed by atoms with Gasteiger partial charge in [0.2, 0.25) is 5.84 Å². The Morgan fingerprint density at radius 2 is 2.04 bits per heavy atom. The molecule has 0 aliphatic rings. The van der Waals surface area contributed by atoms with Gasteiger partial charge in [-0.05, 0) is 32.1 Å². The van der Waals surface area contributed by atoms with Crippen LogP contribution < -0.4 is 10.7 Å². The molecule has 3 rings (SSSR count). The molecule has 0 fully saturated rings. The predicted molar refractivity (Wildman–Crippen MR) is 100 cm³/mol. The molecule has 144 valence electrons. The third-order valence-corrected chi connectivity index (χ3v) is 4.12. The first kappa shape index (κ1) is 19.3. The topological polar surface area (TPSA) is 120 Å². The van der Waals surface area contributed by atoms with Crippen LogP contribution in [0.2, 0.25) is 0 Å². The molecule has 6 N–H and O–H groups in total. The van der Waals surface area contributed by atoms with Gasteiger partial charge in [0.25, 0.3) is 0 Å². The number of hydrogen-bond donors (Lipinski definition) is 4. The number of benzene rings is 1. The second-order valence-corrected chi connectivity index (χ2v) is 6.49. The largest absolute Gasteiger partial charge is 0.432 e. The molecule has 28 heavy (non-hydrogen) atoms. The molecule has 0 unspecified atom stereocenters. The zero-order chi connectivity index (χ0) is 20.4. The Labute approximate surface area is 159 Å². The molecule has 0 aliphatic carbocycles. The van der Waals surface area contributed by atoms with Crippen molar-refractivity contribution >= 4 is 23.2 Å². The standard InChI is InChI=1S/C19H18F2N6O/c1-10(2)18(24)25-15(23)6-5-14(22)17-16(26-19-27(17)7-8-28-19)12-4-3-11(20)9-13(12)21/h3-10,22H,1-2H3,(H3,23,24,25)/p+2. The van der Waals surface area contributed by atoms with Gasteiger partial charge in [-0.15, -0.1) is 0 Å². The van der Waals surface area contributed by atoms with Crippen LogP contribution in [0.4, 0.5) is 8.78 Å². The summed E-state index contributed by atoms with van der Waals surface area (Å²) in [5.41, 5.74) is 0.441. The van der Waals surface area contributed by atoms with Crippen LogP contribution in [0.25, 0.3) is 17.1 Å². The van der Waals surface area contributed by atoms with Crippen LogP contribution in [0, 0.1) is 28.4 Å². The molecule has 3 aromatic rings. The number of quaternary nitrogens is 1. The number of imidazole rings is 1. The molecule has 0 amide bonds. The third-order valence-electron chi connectivity index (χ3n) is 4.12. The quantitative estimate of drug-likeness (QED) is 0.389. The van der Waals surface area contributed by atoms with Crippen molar-refractivity contribution in [2.75, 3.05) is 0 Å². The number of nitrogens with two attached hydrogens (primary N) is 2. The normalized spacial score (nSPS) is 11.6. The highest BCUT2D eigenvalue weighted by atomic mass is 19.1. The van der Waals surface area contributed by atoms with E-state index in [1.807, 2.05) is 13.8 Å². The maximum Gasteiger partial charge on any atom is 0.340 e. The SMILES string of the molecule is CC(C)C(=[NH2+])[NH2+]C(=N)C=CC(=N)c1c(-c2ccc(F)cc2F)nc2occn12. The zero-order valence-corrected chi connectivity index (χ0v) is 15.3. The molecule has 0 radical (unpaired) electrons. The van der Waals surface area contributed by atoms with E-state index in [2.05, 4.69) is 4.98 Å². The molecular formula is C19H20F2N6O+2. The van der Waals surface area contributed by atoms with Crippen molar-refractivity contribution in [3.05, 3.63) is 60.1 Å². The van der Waals surface area contributed by atoms with E-state index in [1.165, 1.54) is 34.2 Å². The highest BCUT2D eigenvalue weighted by molar-refractivity contribution is 6.11. The molecule has 2 heterocycles. The summed E-state index contributed by atoms with van der Waals surface area (Å²) in [5, 5.41) is 23.7. The first-order valence-corrected chi connectivity index (χ1v) is 8.51. The number of hydrogen-bond acceptors (Lipinski definition) is 4. The summed E-state index contributed by atoms with van der Waals surface area (Å²) in [4.78, 5) is 4.23. The first-order chi connectivity index (χ1) is 13.3. The fourth-order valence-corrected chi connectivity index (χ4v) is 2.56. The highest BCUT2D eigenvalue weighted by Crippen LogP contribution is 2.28. The van der Waals surface area contributed by atoms with E-state index in [9.17, 15) is 8.78 Å². The van der Waals surface area contributed by atoms with Crippen molar-refractivity contribution < 1.29 is 23.9 Å². The summed E-state index contributed by atoms with van der Waals surface area (Å²) in [7, 11) is 0. The molecule has 1 aromatic carbocycles. The monoisotopic (exact) mass is 386 g/mol. The van der Waals surface area contributed by atoms with Gasteiger partial charge in [0.1, 0.15) is 29.3 Å². The minimum atomic E-state index is -0.792. The third kappa shape index (κ3) is 3.79. The van der Waals surface area contributed by atoms with Gasteiger partial charge in [0.15, 0.2) is 0 Å². The van der Waals surface area contributed by atoms with Crippen molar-refractivity contribution in [2.45, 2.75) is 13.8 Å². The maximum absolute atomic E-state index is 14.3. The fourth-order valence-electron chi connectivity index (χ4n) is 2.56. The second kappa shape index (κ2) is 7.65. The lowest BCUT2D eigenvalue weighted by molar-refractivity contribution is -0.455. The molecule has 2 aromatic heterocycles. The Hall–Kier alpha value is -3.46. The van der Waals surface area contributed by atoms with Crippen LogP contribution >= 0.6 is 0 Å². The number of allylic oxidation sites excluding steroid dienone is 1. The molecule has 0 bridgehead atoms. The van der Waals surface area contributed by atoms with Gasteiger partial charge in [0.05, 0.1) is 11.6 Å². The smallest absolute Gasteiger partial charge is 0.340 e. The lowest BCUT2D eigenvalue weighted by Crippen LogP contribution is -2.97. The summed E-state index contributed by atoms with van der Waals surface area (Å²) in [6.07, 6.45) is 5.75. The number of nitrogens with one attached hydrogen (secondary N) is 2.